The van der Waals surface area contributed by atoms with Crippen molar-refractivity contribution in [3.63, 3.8) is 0 Å². The van der Waals surface area contributed by atoms with Gasteiger partial charge in [-0.3, -0.25) is 9.69 Å². The lowest BCUT2D eigenvalue weighted by molar-refractivity contribution is -0.149. The van der Waals surface area contributed by atoms with E-state index in [1.54, 1.807) is 38.5 Å². The number of carbonyl (C=O) groups is 1. The number of ether oxygens (including phenoxy) is 3. The second-order valence-corrected chi connectivity index (χ2v) is 7.96. The van der Waals surface area contributed by atoms with E-state index < -0.39 is 0 Å². The van der Waals surface area contributed by atoms with E-state index in [4.69, 9.17) is 18.6 Å². The highest BCUT2D eigenvalue weighted by molar-refractivity contribution is 9.10. The van der Waals surface area contributed by atoms with Crippen LogP contribution in [0.4, 0.5) is 0 Å². The Morgan fingerprint density at radius 3 is 2.43 bits per heavy atom. The Labute approximate surface area is 184 Å². The fourth-order valence-corrected chi connectivity index (χ4v) is 4.09. The van der Waals surface area contributed by atoms with Crippen LogP contribution in [0.1, 0.15) is 25.3 Å². The van der Waals surface area contributed by atoms with Gasteiger partial charge in [0.15, 0.2) is 11.5 Å². The second-order valence-electron chi connectivity index (χ2n) is 7.10. The summed E-state index contributed by atoms with van der Waals surface area (Å²) in [5.74, 6) is 1.40. The van der Waals surface area contributed by atoms with Crippen molar-refractivity contribution in [1.29, 1.82) is 0 Å². The van der Waals surface area contributed by atoms with Crippen molar-refractivity contribution in [2.75, 3.05) is 33.9 Å². The summed E-state index contributed by atoms with van der Waals surface area (Å²) in [6.07, 6.45) is 1.47. The van der Waals surface area contributed by atoms with Crippen molar-refractivity contribution in [3.05, 3.63) is 44.7 Å². The van der Waals surface area contributed by atoms with Gasteiger partial charge in [0.1, 0.15) is 5.76 Å². The topological polar surface area (TPSA) is 78.2 Å². The molecule has 0 radical (unpaired) electrons. The van der Waals surface area contributed by atoms with Crippen molar-refractivity contribution in [2.24, 2.45) is 5.92 Å². The van der Waals surface area contributed by atoms with Gasteiger partial charge < -0.3 is 18.6 Å². The van der Waals surface area contributed by atoms with E-state index in [1.807, 2.05) is 6.92 Å². The number of halogens is 1. The largest absolute Gasteiger partial charge is 0.493 e. The Morgan fingerprint density at radius 1 is 1.17 bits per heavy atom. The molecule has 162 valence electrons. The highest BCUT2D eigenvalue weighted by atomic mass is 79.9. The molecule has 1 saturated heterocycles. The smallest absolute Gasteiger partial charge is 0.340 e. The lowest BCUT2D eigenvalue weighted by Crippen LogP contribution is -2.37. The van der Waals surface area contributed by atoms with Gasteiger partial charge in [0.2, 0.25) is 0 Å². The number of carbonyl (C=O) groups excluding carboxylic acids is 1. The van der Waals surface area contributed by atoms with Crippen LogP contribution in [-0.2, 0) is 16.1 Å². The van der Waals surface area contributed by atoms with E-state index in [-0.39, 0.29) is 17.5 Å². The molecule has 0 bridgehead atoms. The van der Waals surface area contributed by atoms with Crippen LogP contribution < -0.4 is 15.1 Å². The number of methoxy groups -OCH3 is 2. The Morgan fingerprint density at radius 2 is 1.83 bits per heavy atom. The minimum absolute atomic E-state index is 0.0533. The zero-order valence-corrected chi connectivity index (χ0v) is 19.0. The Hall–Kier alpha value is -2.32. The standard InChI is InChI=1S/C22H26BrNO6/c1-4-29-21(25)14-7-9-24(10-8-14)13-15-5-6-18(30-22(15)26)16-11-19(27-2)20(28-3)12-17(16)23/h5-6,11-12,14H,4,7-10,13H2,1-3H3. The lowest BCUT2D eigenvalue weighted by Gasteiger charge is -2.30. The van der Waals surface area contributed by atoms with E-state index in [1.165, 1.54) is 0 Å². The molecule has 0 amide bonds. The van der Waals surface area contributed by atoms with E-state index in [9.17, 15) is 9.59 Å². The number of rotatable bonds is 7. The third-order valence-corrected chi connectivity index (χ3v) is 5.90. The number of hydrogen-bond donors (Lipinski definition) is 0. The highest BCUT2D eigenvalue weighted by Crippen LogP contribution is 2.38. The monoisotopic (exact) mass is 479 g/mol. The first-order valence-electron chi connectivity index (χ1n) is 9.90. The van der Waals surface area contributed by atoms with Crippen molar-refractivity contribution in [1.82, 2.24) is 4.90 Å². The Balaban J connectivity index is 1.71. The summed E-state index contributed by atoms with van der Waals surface area (Å²) < 4.78 is 22.1. The van der Waals surface area contributed by atoms with Crippen LogP contribution in [0.15, 0.2) is 37.9 Å². The maximum atomic E-state index is 12.6. The minimum Gasteiger partial charge on any atom is -0.493 e. The molecule has 3 rings (SSSR count). The Kier molecular flexibility index (Phi) is 7.55. The van der Waals surface area contributed by atoms with Crippen LogP contribution in [-0.4, -0.2) is 44.8 Å². The molecule has 1 aromatic carbocycles. The minimum atomic E-state index is -0.373. The fourth-order valence-electron chi connectivity index (χ4n) is 3.58. The van der Waals surface area contributed by atoms with Crippen molar-refractivity contribution in [3.8, 4) is 22.8 Å². The SMILES string of the molecule is CCOC(=O)C1CCN(Cc2ccc(-c3cc(OC)c(OC)cc3Br)oc2=O)CC1. The van der Waals surface area contributed by atoms with Gasteiger partial charge in [0, 0.05) is 16.6 Å². The molecule has 0 unspecified atom stereocenters. The van der Waals surface area contributed by atoms with Gasteiger partial charge in [-0.15, -0.1) is 0 Å². The van der Waals surface area contributed by atoms with Crippen LogP contribution in [0.25, 0.3) is 11.3 Å². The highest BCUT2D eigenvalue weighted by Gasteiger charge is 2.26. The molecule has 1 aromatic heterocycles. The van der Waals surface area contributed by atoms with Crippen molar-refractivity contribution >= 4 is 21.9 Å². The number of likely N-dealkylation sites (tertiary alicyclic amines) is 1. The summed E-state index contributed by atoms with van der Waals surface area (Å²) in [5.41, 5.74) is 0.915. The predicted molar refractivity (Wildman–Crippen MR) is 116 cm³/mol. The summed E-state index contributed by atoms with van der Waals surface area (Å²) in [5, 5.41) is 0. The number of esters is 1. The summed E-state index contributed by atoms with van der Waals surface area (Å²) in [4.78, 5) is 26.6. The van der Waals surface area contributed by atoms with Gasteiger partial charge in [0.25, 0.3) is 0 Å². The first-order chi connectivity index (χ1) is 14.5. The molecule has 7 nitrogen and oxygen atoms in total. The average molecular weight is 480 g/mol. The van der Waals surface area contributed by atoms with Crippen LogP contribution in [0.3, 0.4) is 0 Å². The fraction of sp³-hybridized carbons (Fsp3) is 0.455. The average Bonchev–Trinajstić information content (AvgIpc) is 2.75. The third-order valence-electron chi connectivity index (χ3n) is 5.24. The zero-order chi connectivity index (χ0) is 21.7. The van der Waals surface area contributed by atoms with Crippen LogP contribution in [0, 0.1) is 5.92 Å². The third kappa shape index (κ3) is 5.05. The normalized spacial score (nSPS) is 15.1. The molecule has 1 fully saturated rings. The molecule has 30 heavy (non-hydrogen) atoms. The maximum absolute atomic E-state index is 12.6. The molecular weight excluding hydrogens is 454 g/mol. The van der Waals surface area contributed by atoms with Crippen molar-refractivity contribution in [2.45, 2.75) is 26.3 Å². The van der Waals surface area contributed by atoms with E-state index in [2.05, 4.69) is 20.8 Å². The molecule has 1 aliphatic heterocycles. The van der Waals surface area contributed by atoms with E-state index >= 15 is 0 Å². The van der Waals surface area contributed by atoms with Crippen LogP contribution in [0.2, 0.25) is 0 Å². The summed E-state index contributed by atoms with van der Waals surface area (Å²) in [6.45, 7) is 4.20. The van der Waals surface area contributed by atoms with Gasteiger partial charge in [-0.2, -0.15) is 0 Å². The molecule has 8 heteroatoms. The lowest BCUT2D eigenvalue weighted by atomic mass is 9.97. The van der Waals surface area contributed by atoms with E-state index in [0.717, 1.165) is 30.4 Å². The summed E-state index contributed by atoms with van der Waals surface area (Å²) in [7, 11) is 3.12. The van der Waals surface area contributed by atoms with Crippen LogP contribution >= 0.6 is 15.9 Å². The first kappa shape index (κ1) is 22.4. The van der Waals surface area contributed by atoms with Gasteiger partial charge in [0.05, 0.1) is 32.3 Å². The molecule has 0 N–H and O–H groups in total. The van der Waals surface area contributed by atoms with Gasteiger partial charge in [-0.05, 0) is 73.1 Å². The number of benzene rings is 1. The summed E-state index contributed by atoms with van der Waals surface area (Å²) >= 11 is 3.50. The summed E-state index contributed by atoms with van der Waals surface area (Å²) in [6, 6.07) is 7.12. The molecule has 0 spiro atoms. The van der Waals surface area contributed by atoms with Gasteiger partial charge in [-0.1, -0.05) is 0 Å². The number of piperidine rings is 1. The first-order valence-corrected chi connectivity index (χ1v) is 10.7. The quantitative estimate of drug-likeness (QED) is 0.557. The number of nitrogens with zero attached hydrogens (tertiary/aromatic N) is 1. The zero-order valence-electron chi connectivity index (χ0n) is 17.4. The molecule has 1 aliphatic rings. The molecule has 2 aromatic rings. The van der Waals surface area contributed by atoms with E-state index in [0.29, 0.717) is 41.5 Å². The van der Waals surface area contributed by atoms with Crippen LogP contribution in [0.5, 0.6) is 11.5 Å². The Bertz CT molecular complexity index is 949. The molecule has 0 atom stereocenters. The maximum Gasteiger partial charge on any atom is 0.340 e. The second kappa shape index (κ2) is 10.1. The van der Waals surface area contributed by atoms with Crippen molar-refractivity contribution < 1.29 is 23.4 Å². The molecular formula is C22H26BrNO6. The molecule has 2 heterocycles. The molecule has 0 saturated carbocycles. The van der Waals surface area contributed by atoms with Gasteiger partial charge in [-0.25, -0.2) is 4.79 Å². The molecule has 0 aliphatic carbocycles. The van der Waals surface area contributed by atoms with Gasteiger partial charge >= 0.3 is 11.6 Å². The predicted octanol–water partition coefficient (Wildman–Crippen LogP) is 3.86. The number of hydrogen-bond acceptors (Lipinski definition) is 7.